The van der Waals surface area contributed by atoms with E-state index in [1.165, 1.54) is 0 Å². The van der Waals surface area contributed by atoms with E-state index in [0.717, 1.165) is 72.0 Å². The predicted octanol–water partition coefficient (Wildman–Crippen LogP) is 5.61. The molecule has 5 rings (SSSR count). The van der Waals surface area contributed by atoms with Gasteiger partial charge in [0.2, 0.25) is 11.9 Å². The number of alkyl halides is 3. The molecule has 1 saturated carbocycles. The van der Waals surface area contributed by atoms with E-state index < -0.39 is 23.5 Å². The minimum Gasteiger partial charge on any atom is -0.351 e. The van der Waals surface area contributed by atoms with Crippen LogP contribution in [0.25, 0.3) is 22.2 Å². The van der Waals surface area contributed by atoms with Crippen molar-refractivity contribution in [1.82, 2.24) is 19.7 Å². The molecule has 2 aromatic carbocycles. The standard InChI is InChI=1S/C29H31F4N7O/c1-3-17-12-18(13-19-15-35-28(38-27(17)19)36-21-7-5-20(34)6-8-21)24-14-25(39-40(24)2)37-26(41)11-16-4-9-22(23(30)10-16)29(31,32)33/h4,9-10,12-15,20-21H,3,5-8,11,34H2,1-2H3,(H,35,36,38)(H,37,39,41)/t20-,21-. The van der Waals surface area contributed by atoms with Gasteiger partial charge in [-0.15, -0.1) is 0 Å². The smallest absolute Gasteiger partial charge is 0.351 e. The number of nitrogens with two attached hydrogens (primary N) is 1. The number of aromatic nitrogens is 4. The van der Waals surface area contributed by atoms with E-state index in [0.29, 0.717) is 18.1 Å². The van der Waals surface area contributed by atoms with Gasteiger partial charge < -0.3 is 16.4 Å². The molecule has 0 radical (unpaired) electrons. The number of aryl methyl sites for hydroxylation is 2. The van der Waals surface area contributed by atoms with Gasteiger partial charge in [-0.05, 0) is 67.5 Å². The highest BCUT2D eigenvalue weighted by molar-refractivity contribution is 5.92. The Morgan fingerprint density at radius 1 is 1.12 bits per heavy atom. The molecule has 0 saturated heterocycles. The summed E-state index contributed by atoms with van der Waals surface area (Å²) in [5.41, 5.74) is 8.26. The molecule has 2 heterocycles. The van der Waals surface area contributed by atoms with Gasteiger partial charge in [-0.1, -0.05) is 13.0 Å². The van der Waals surface area contributed by atoms with Crippen molar-refractivity contribution in [2.75, 3.05) is 10.6 Å². The van der Waals surface area contributed by atoms with Crippen LogP contribution in [0.1, 0.15) is 49.3 Å². The number of carbonyl (C=O) groups excluding carboxylic acids is 1. The Hall–Kier alpha value is -4.06. The molecule has 0 spiro atoms. The van der Waals surface area contributed by atoms with Crippen LogP contribution in [0.2, 0.25) is 0 Å². The number of benzene rings is 2. The quantitative estimate of drug-likeness (QED) is 0.250. The summed E-state index contributed by atoms with van der Waals surface area (Å²) in [5.74, 6) is -1.09. The lowest BCUT2D eigenvalue weighted by Gasteiger charge is -2.26. The summed E-state index contributed by atoms with van der Waals surface area (Å²) in [6.07, 6.45) is 1.37. The molecule has 8 nitrogen and oxygen atoms in total. The summed E-state index contributed by atoms with van der Waals surface area (Å²) in [5, 5.41) is 11.3. The lowest BCUT2D eigenvalue weighted by Crippen LogP contribution is -2.33. The molecule has 216 valence electrons. The summed E-state index contributed by atoms with van der Waals surface area (Å²) in [4.78, 5) is 21.9. The zero-order valence-electron chi connectivity index (χ0n) is 22.7. The van der Waals surface area contributed by atoms with Gasteiger partial charge in [0, 0.05) is 42.3 Å². The maximum atomic E-state index is 13.9. The number of hydrogen-bond acceptors (Lipinski definition) is 6. The molecule has 0 atom stereocenters. The number of nitrogens with one attached hydrogen (secondary N) is 2. The average Bonchev–Trinajstić information content (AvgIpc) is 3.28. The number of fused-ring (bicyclic) bond motifs is 1. The van der Waals surface area contributed by atoms with E-state index in [-0.39, 0.29) is 23.8 Å². The van der Waals surface area contributed by atoms with E-state index in [4.69, 9.17) is 10.7 Å². The Balaban J connectivity index is 1.32. The summed E-state index contributed by atoms with van der Waals surface area (Å²) < 4.78 is 54.0. The monoisotopic (exact) mass is 569 g/mol. The Morgan fingerprint density at radius 3 is 2.56 bits per heavy atom. The molecule has 0 aliphatic heterocycles. The Morgan fingerprint density at radius 2 is 1.88 bits per heavy atom. The molecule has 1 fully saturated rings. The van der Waals surface area contributed by atoms with Gasteiger partial charge in [0.1, 0.15) is 5.82 Å². The maximum Gasteiger partial charge on any atom is 0.419 e. The van der Waals surface area contributed by atoms with Crippen molar-refractivity contribution >= 4 is 28.6 Å². The SMILES string of the molecule is CCc1cc(-c2cc(NC(=O)Cc3ccc(C(F)(F)F)c(F)c3)nn2C)cc2cnc(N[C@H]3CC[C@H](N)CC3)nc12. The van der Waals surface area contributed by atoms with Crippen LogP contribution in [0.4, 0.5) is 29.3 Å². The largest absolute Gasteiger partial charge is 0.419 e. The van der Waals surface area contributed by atoms with Crippen molar-refractivity contribution < 1.29 is 22.4 Å². The minimum absolute atomic E-state index is 0.118. The molecule has 0 unspecified atom stereocenters. The molecule has 1 amide bonds. The summed E-state index contributed by atoms with van der Waals surface area (Å²) in [6, 6.07) is 8.72. The number of hydrogen-bond donors (Lipinski definition) is 3. The number of nitrogens with zero attached hydrogens (tertiary/aromatic N) is 4. The highest BCUT2D eigenvalue weighted by Gasteiger charge is 2.34. The second-order valence-corrected chi connectivity index (χ2v) is 10.5. The van der Waals surface area contributed by atoms with Crippen molar-refractivity contribution in [3.05, 3.63) is 65.1 Å². The zero-order valence-corrected chi connectivity index (χ0v) is 22.7. The van der Waals surface area contributed by atoms with Crippen molar-refractivity contribution in [3.63, 3.8) is 0 Å². The Labute approximate surface area is 234 Å². The minimum atomic E-state index is -4.80. The number of carbonyl (C=O) groups is 1. The molecule has 4 N–H and O–H groups in total. The fourth-order valence-corrected chi connectivity index (χ4v) is 5.22. The third kappa shape index (κ3) is 6.48. The average molecular weight is 570 g/mol. The molecule has 0 bridgehead atoms. The maximum absolute atomic E-state index is 13.9. The predicted molar refractivity (Wildman–Crippen MR) is 149 cm³/mol. The highest BCUT2D eigenvalue weighted by Crippen LogP contribution is 2.32. The third-order valence-corrected chi connectivity index (χ3v) is 7.39. The van der Waals surface area contributed by atoms with Crippen LogP contribution in [-0.4, -0.2) is 37.7 Å². The molecule has 1 aliphatic carbocycles. The first-order chi connectivity index (χ1) is 19.5. The van der Waals surface area contributed by atoms with Crippen molar-refractivity contribution in [2.45, 2.75) is 63.7 Å². The van der Waals surface area contributed by atoms with Crippen molar-refractivity contribution in [3.8, 4) is 11.3 Å². The van der Waals surface area contributed by atoms with E-state index in [9.17, 15) is 22.4 Å². The summed E-state index contributed by atoms with van der Waals surface area (Å²) in [6.45, 7) is 2.05. The first-order valence-corrected chi connectivity index (χ1v) is 13.5. The number of rotatable bonds is 7. The molecule has 4 aromatic rings. The van der Waals surface area contributed by atoms with Gasteiger partial charge in [0.25, 0.3) is 0 Å². The van der Waals surface area contributed by atoms with E-state index in [2.05, 4.69) is 27.6 Å². The van der Waals surface area contributed by atoms with E-state index >= 15 is 0 Å². The van der Waals surface area contributed by atoms with Crippen LogP contribution in [-0.2, 0) is 30.9 Å². The Kier molecular flexibility index (Phi) is 7.94. The van der Waals surface area contributed by atoms with Crippen LogP contribution in [0.3, 0.4) is 0 Å². The van der Waals surface area contributed by atoms with Crippen LogP contribution < -0.4 is 16.4 Å². The fraction of sp³-hybridized carbons (Fsp3) is 0.379. The van der Waals surface area contributed by atoms with Crippen LogP contribution in [0.15, 0.2) is 42.6 Å². The van der Waals surface area contributed by atoms with Crippen LogP contribution in [0, 0.1) is 5.82 Å². The van der Waals surface area contributed by atoms with Gasteiger partial charge in [-0.2, -0.15) is 18.3 Å². The first-order valence-electron chi connectivity index (χ1n) is 13.5. The van der Waals surface area contributed by atoms with Gasteiger partial charge in [0.05, 0.1) is 23.2 Å². The summed E-state index contributed by atoms with van der Waals surface area (Å²) in [7, 11) is 1.74. The number of amides is 1. The van der Waals surface area contributed by atoms with Gasteiger partial charge in [0.15, 0.2) is 5.82 Å². The molecule has 2 aromatic heterocycles. The normalized spacial score (nSPS) is 17.5. The van der Waals surface area contributed by atoms with E-state index in [1.807, 2.05) is 12.1 Å². The first kappa shape index (κ1) is 28.5. The lowest BCUT2D eigenvalue weighted by molar-refractivity contribution is -0.140. The molecule has 1 aliphatic rings. The number of anilines is 2. The second-order valence-electron chi connectivity index (χ2n) is 10.5. The fourth-order valence-electron chi connectivity index (χ4n) is 5.22. The summed E-state index contributed by atoms with van der Waals surface area (Å²) >= 11 is 0. The van der Waals surface area contributed by atoms with Crippen molar-refractivity contribution in [1.29, 1.82) is 0 Å². The zero-order chi connectivity index (χ0) is 29.3. The molecule has 12 heteroatoms. The molecular weight excluding hydrogens is 538 g/mol. The molecule has 41 heavy (non-hydrogen) atoms. The van der Waals surface area contributed by atoms with Crippen LogP contribution >= 0.6 is 0 Å². The van der Waals surface area contributed by atoms with Gasteiger partial charge in [-0.3, -0.25) is 9.48 Å². The van der Waals surface area contributed by atoms with Gasteiger partial charge >= 0.3 is 6.18 Å². The van der Waals surface area contributed by atoms with E-state index in [1.54, 1.807) is 24.0 Å². The highest BCUT2D eigenvalue weighted by atomic mass is 19.4. The van der Waals surface area contributed by atoms with Gasteiger partial charge in [-0.25, -0.2) is 14.4 Å². The Bertz CT molecular complexity index is 1580. The van der Waals surface area contributed by atoms with Crippen molar-refractivity contribution in [2.24, 2.45) is 12.8 Å². The lowest BCUT2D eigenvalue weighted by atomic mass is 9.92. The topological polar surface area (TPSA) is 111 Å². The third-order valence-electron chi connectivity index (χ3n) is 7.39. The second kappa shape index (κ2) is 11.4. The molecular formula is C29H31F4N7O. The van der Waals surface area contributed by atoms with Crippen LogP contribution in [0.5, 0.6) is 0 Å². The number of halogens is 4.